The number of rotatable bonds is 1. The molecule has 0 unspecified atom stereocenters. The van der Waals surface area contributed by atoms with Crippen molar-refractivity contribution in [1.29, 1.82) is 0 Å². The molecular weight excluding hydrogens is 187 g/mol. The maximum Gasteiger partial charge on any atom is 0.484 e. The first-order chi connectivity index (χ1) is 5.99. The van der Waals surface area contributed by atoms with E-state index in [1.54, 1.807) is 0 Å². The second-order valence-electron chi connectivity index (χ2n) is 2.08. The van der Waals surface area contributed by atoms with Crippen molar-refractivity contribution in [2.75, 3.05) is 0 Å². The topological polar surface area (TPSA) is 54.9 Å². The molecule has 1 amide bonds. The molecule has 0 bridgehead atoms. The van der Waals surface area contributed by atoms with Gasteiger partial charge in [-0.05, 0) is 6.07 Å². The molecule has 4 nitrogen and oxygen atoms in total. The minimum atomic E-state index is -4.72. The van der Waals surface area contributed by atoms with Crippen molar-refractivity contribution in [3.05, 3.63) is 24.0 Å². The van der Waals surface area contributed by atoms with Crippen LogP contribution in [0.5, 0.6) is 0 Å². The Labute approximate surface area is 70.8 Å². The van der Waals surface area contributed by atoms with E-state index in [0.717, 1.165) is 23.8 Å². The second-order valence-corrected chi connectivity index (χ2v) is 2.08. The highest BCUT2D eigenvalue weighted by Gasteiger charge is 2.30. The van der Waals surface area contributed by atoms with Crippen molar-refractivity contribution < 1.29 is 18.0 Å². The van der Waals surface area contributed by atoms with Crippen LogP contribution in [0, 0.1) is 0 Å². The number of aromatic nitrogens is 2. The van der Waals surface area contributed by atoms with E-state index in [2.05, 4.69) is 10.2 Å². The molecule has 7 heteroatoms. The van der Waals surface area contributed by atoms with Gasteiger partial charge in [0.15, 0.2) is 0 Å². The summed E-state index contributed by atoms with van der Waals surface area (Å²) in [5.74, 6) is -1.25. The van der Waals surface area contributed by atoms with Gasteiger partial charge in [-0.15, -0.1) is 0 Å². The van der Waals surface area contributed by atoms with Gasteiger partial charge in [0, 0.05) is 0 Å². The van der Waals surface area contributed by atoms with Crippen molar-refractivity contribution in [3.8, 4) is 0 Å². The second kappa shape index (κ2) is 3.38. The molecule has 0 radical (unpaired) electrons. The smallest absolute Gasteiger partial charge is 0.269 e. The SMILES string of the molecule is O=C(NC(F)(F)F)c1ccnnc1. The number of alkyl halides is 3. The van der Waals surface area contributed by atoms with Gasteiger partial charge in [-0.1, -0.05) is 0 Å². The molecule has 0 saturated carbocycles. The summed E-state index contributed by atoms with van der Waals surface area (Å²) >= 11 is 0. The van der Waals surface area contributed by atoms with Crippen LogP contribution in [-0.2, 0) is 0 Å². The Hall–Kier alpha value is -1.66. The van der Waals surface area contributed by atoms with Gasteiger partial charge < -0.3 is 0 Å². The van der Waals surface area contributed by atoms with Crippen LogP contribution in [0.15, 0.2) is 18.5 Å². The third kappa shape index (κ3) is 3.06. The fourth-order valence-corrected chi connectivity index (χ4v) is 0.626. The summed E-state index contributed by atoms with van der Waals surface area (Å²) in [6, 6.07) is 1.13. The number of nitrogens with one attached hydrogen (secondary N) is 1. The number of hydrogen-bond donors (Lipinski definition) is 1. The molecule has 0 atom stereocenters. The molecule has 1 N–H and O–H groups in total. The number of carbonyl (C=O) groups is 1. The Morgan fingerprint density at radius 3 is 2.54 bits per heavy atom. The highest BCUT2D eigenvalue weighted by molar-refractivity contribution is 5.93. The van der Waals surface area contributed by atoms with E-state index < -0.39 is 12.2 Å². The Morgan fingerprint density at radius 1 is 1.38 bits per heavy atom. The molecule has 13 heavy (non-hydrogen) atoms. The molecule has 0 aliphatic rings. The Kier molecular flexibility index (Phi) is 2.45. The van der Waals surface area contributed by atoms with Crippen molar-refractivity contribution in [3.63, 3.8) is 0 Å². The molecule has 1 aromatic heterocycles. The van der Waals surface area contributed by atoms with Gasteiger partial charge in [0.05, 0.1) is 18.0 Å². The normalized spacial score (nSPS) is 11.0. The highest BCUT2D eigenvalue weighted by Crippen LogP contribution is 2.10. The maximum absolute atomic E-state index is 11.6. The summed E-state index contributed by atoms with van der Waals surface area (Å²) in [6.07, 6.45) is -2.65. The maximum atomic E-state index is 11.6. The van der Waals surface area contributed by atoms with E-state index in [4.69, 9.17) is 0 Å². The standard InChI is InChI=1S/C6H4F3N3O/c7-6(8,9)12-5(13)4-1-2-10-11-3-4/h1-3H,(H,12,13). The lowest BCUT2D eigenvalue weighted by Crippen LogP contribution is -2.37. The average Bonchev–Trinajstić information content (AvgIpc) is 2.03. The van der Waals surface area contributed by atoms with Crippen molar-refractivity contribution in [2.24, 2.45) is 0 Å². The fourth-order valence-electron chi connectivity index (χ4n) is 0.626. The molecule has 0 saturated heterocycles. The number of nitrogens with zero attached hydrogens (tertiary/aromatic N) is 2. The van der Waals surface area contributed by atoms with Crippen LogP contribution < -0.4 is 5.32 Å². The van der Waals surface area contributed by atoms with Crippen molar-refractivity contribution in [2.45, 2.75) is 6.30 Å². The molecule has 0 aromatic carbocycles. The molecule has 1 rings (SSSR count). The zero-order valence-corrected chi connectivity index (χ0v) is 6.17. The van der Waals surface area contributed by atoms with E-state index >= 15 is 0 Å². The third-order valence-electron chi connectivity index (χ3n) is 1.10. The van der Waals surface area contributed by atoms with Crippen LogP contribution >= 0.6 is 0 Å². The van der Waals surface area contributed by atoms with Crippen LogP contribution in [0.2, 0.25) is 0 Å². The number of halogens is 3. The number of amides is 1. The first-order valence-electron chi connectivity index (χ1n) is 3.15. The predicted octanol–water partition coefficient (Wildman–Crippen LogP) is 0.726. The lowest BCUT2D eigenvalue weighted by Gasteiger charge is -2.07. The Bertz CT molecular complexity index is 298. The highest BCUT2D eigenvalue weighted by atomic mass is 19.4. The van der Waals surface area contributed by atoms with Crippen molar-refractivity contribution >= 4 is 5.91 Å². The lowest BCUT2D eigenvalue weighted by atomic mass is 10.3. The van der Waals surface area contributed by atoms with Crippen LogP contribution in [0.25, 0.3) is 0 Å². The van der Waals surface area contributed by atoms with Gasteiger partial charge in [0.2, 0.25) is 0 Å². The predicted molar refractivity (Wildman–Crippen MR) is 35.6 cm³/mol. The van der Waals surface area contributed by atoms with E-state index in [1.165, 1.54) is 0 Å². The summed E-state index contributed by atoms with van der Waals surface area (Å²) in [6.45, 7) is 0. The zero-order chi connectivity index (χ0) is 9.90. The van der Waals surface area contributed by atoms with Crippen molar-refractivity contribution in [1.82, 2.24) is 15.5 Å². The molecule has 0 fully saturated rings. The number of hydrogen-bond acceptors (Lipinski definition) is 3. The molecule has 0 aliphatic carbocycles. The number of carbonyl (C=O) groups excluding carboxylic acids is 1. The molecular formula is C6H4F3N3O. The minimum Gasteiger partial charge on any atom is -0.269 e. The Morgan fingerprint density at radius 2 is 2.08 bits per heavy atom. The van der Waals surface area contributed by atoms with E-state index in [9.17, 15) is 18.0 Å². The summed E-state index contributed by atoms with van der Waals surface area (Å²) < 4.78 is 34.9. The van der Waals surface area contributed by atoms with E-state index in [0.29, 0.717) is 0 Å². The van der Waals surface area contributed by atoms with E-state index in [1.807, 2.05) is 0 Å². The summed E-state index contributed by atoms with van der Waals surface area (Å²) in [4.78, 5) is 10.8. The van der Waals surface area contributed by atoms with Crippen LogP contribution in [0.4, 0.5) is 13.2 Å². The van der Waals surface area contributed by atoms with Gasteiger partial charge >= 0.3 is 6.30 Å². The van der Waals surface area contributed by atoms with Crippen LogP contribution in [-0.4, -0.2) is 22.4 Å². The van der Waals surface area contributed by atoms with Crippen LogP contribution in [0.3, 0.4) is 0 Å². The molecule has 1 aromatic rings. The fraction of sp³-hybridized carbons (Fsp3) is 0.167. The summed E-state index contributed by atoms with van der Waals surface area (Å²) in [5.41, 5.74) is -0.188. The third-order valence-corrected chi connectivity index (χ3v) is 1.10. The first kappa shape index (κ1) is 9.43. The average molecular weight is 191 g/mol. The minimum absolute atomic E-state index is 0.188. The van der Waals surface area contributed by atoms with Gasteiger partial charge in [-0.3, -0.25) is 10.1 Å². The van der Waals surface area contributed by atoms with Gasteiger partial charge in [-0.25, -0.2) is 0 Å². The monoisotopic (exact) mass is 191 g/mol. The van der Waals surface area contributed by atoms with Gasteiger partial charge in [0.25, 0.3) is 5.91 Å². The van der Waals surface area contributed by atoms with Gasteiger partial charge in [0.1, 0.15) is 0 Å². The lowest BCUT2D eigenvalue weighted by molar-refractivity contribution is -0.146. The summed E-state index contributed by atoms with van der Waals surface area (Å²) in [7, 11) is 0. The molecule has 1 heterocycles. The quantitative estimate of drug-likeness (QED) is 0.665. The summed E-state index contributed by atoms with van der Waals surface area (Å²) in [5, 5.41) is 7.40. The van der Waals surface area contributed by atoms with Gasteiger partial charge in [-0.2, -0.15) is 23.4 Å². The molecule has 0 spiro atoms. The largest absolute Gasteiger partial charge is 0.484 e. The zero-order valence-electron chi connectivity index (χ0n) is 6.17. The van der Waals surface area contributed by atoms with E-state index in [-0.39, 0.29) is 5.56 Å². The molecule has 70 valence electrons. The molecule has 0 aliphatic heterocycles. The Balaban J connectivity index is 2.71. The first-order valence-corrected chi connectivity index (χ1v) is 3.15. The van der Waals surface area contributed by atoms with Crippen LogP contribution in [0.1, 0.15) is 10.4 Å².